The van der Waals surface area contributed by atoms with Gasteiger partial charge in [0.15, 0.2) is 0 Å². The predicted octanol–water partition coefficient (Wildman–Crippen LogP) is 3.17. The maximum absolute atomic E-state index is 5.94. The molecule has 2 rings (SSSR count). The summed E-state index contributed by atoms with van der Waals surface area (Å²) in [6.07, 6.45) is 4.62. The second kappa shape index (κ2) is 7.68. The predicted molar refractivity (Wildman–Crippen MR) is 87.0 cm³/mol. The maximum atomic E-state index is 5.94. The first-order chi connectivity index (χ1) is 10.1. The van der Waals surface area contributed by atoms with Crippen LogP contribution < -0.4 is 5.32 Å². The topological polar surface area (TPSA) is 43.4 Å². The smallest absolute Gasteiger partial charge is 0.113 e. The lowest BCUT2D eigenvalue weighted by Gasteiger charge is -2.40. The molecule has 2 unspecified atom stereocenters. The zero-order valence-electron chi connectivity index (χ0n) is 13.7. The Morgan fingerprint density at radius 1 is 1.48 bits per heavy atom. The molecular formula is C16H28N2O2S. The van der Waals surface area contributed by atoms with E-state index >= 15 is 0 Å². The van der Waals surface area contributed by atoms with Crippen LogP contribution in [0.15, 0.2) is 0 Å². The summed E-state index contributed by atoms with van der Waals surface area (Å²) >= 11 is 1.83. The van der Waals surface area contributed by atoms with E-state index in [-0.39, 0.29) is 5.54 Å². The molecule has 21 heavy (non-hydrogen) atoms. The molecule has 5 heteroatoms. The molecule has 0 aromatic carbocycles. The van der Waals surface area contributed by atoms with Crippen LogP contribution in [0.25, 0.3) is 0 Å². The fourth-order valence-corrected chi connectivity index (χ4v) is 4.08. The van der Waals surface area contributed by atoms with Gasteiger partial charge in [-0.2, -0.15) is 0 Å². The maximum Gasteiger partial charge on any atom is 0.113 e. The lowest BCUT2D eigenvalue weighted by atomic mass is 9.85. The highest BCUT2D eigenvalue weighted by Crippen LogP contribution is 2.38. The van der Waals surface area contributed by atoms with Crippen molar-refractivity contribution in [2.45, 2.75) is 58.1 Å². The minimum Gasteiger partial charge on any atom is -0.383 e. The molecule has 2 heterocycles. The van der Waals surface area contributed by atoms with Gasteiger partial charge in [-0.15, -0.1) is 11.3 Å². The van der Waals surface area contributed by atoms with Gasteiger partial charge in [0.25, 0.3) is 0 Å². The number of methoxy groups -OCH3 is 1. The molecule has 0 amide bonds. The van der Waals surface area contributed by atoms with Crippen LogP contribution in [0, 0.1) is 13.8 Å². The highest BCUT2D eigenvalue weighted by molar-refractivity contribution is 7.11. The largest absolute Gasteiger partial charge is 0.383 e. The third kappa shape index (κ3) is 4.03. The number of nitrogens with zero attached hydrogens (tertiary/aromatic N) is 1. The molecular weight excluding hydrogens is 284 g/mol. The molecule has 0 radical (unpaired) electrons. The van der Waals surface area contributed by atoms with Crippen molar-refractivity contribution in [1.82, 2.24) is 10.3 Å². The standard InChI is InChI=1S/C16H28N2O2S/c1-5-6-14-11-16(7-9-20-14,17-8-10-19-4)15-18-12(2)13(3)21-15/h14,17H,5-11H2,1-4H3. The van der Waals surface area contributed by atoms with Crippen molar-refractivity contribution in [2.75, 3.05) is 26.9 Å². The zero-order chi connectivity index (χ0) is 15.3. The average Bonchev–Trinajstić information content (AvgIpc) is 2.80. The SMILES string of the molecule is CCCC1CC(NCCOC)(c2nc(C)c(C)s2)CCO1. The van der Waals surface area contributed by atoms with E-state index in [4.69, 9.17) is 14.5 Å². The number of rotatable bonds is 7. The van der Waals surface area contributed by atoms with E-state index in [9.17, 15) is 0 Å². The van der Waals surface area contributed by atoms with Gasteiger partial charge in [-0.25, -0.2) is 4.98 Å². The van der Waals surface area contributed by atoms with Crippen LogP contribution in [0.3, 0.4) is 0 Å². The molecule has 1 aliphatic rings. The molecule has 0 bridgehead atoms. The van der Waals surface area contributed by atoms with Crippen LogP contribution in [0.2, 0.25) is 0 Å². The van der Waals surface area contributed by atoms with E-state index in [0.29, 0.717) is 6.10 Å². The van der Waals surface area contributed by atoms with Gasteiger partial charge >= 0.3 is 0 Å². The Morgan fingerprint density at radius 2 is 2.29 bits per heavy atom. The monoisotopic (exact) mass is 312 g/mol. The molecule has 2 atom stereocenters. The lowest BCUT2D eigenvalue weighted by molar-refractivity contribution is -0.0362. The molecule has 120 valence electrons. The van der Waals surface area contributed by atoms with Crippen molar-refractivity contribution < 1.29 is 9.47 Å². The Labute approximate surface area is 132 Å². The number of ether oxygens (including phenoxy) is 2. The summed E-state index contributed by atoms with van der Waals surface area (Å²) in [6.45, 7) is 8.86. The normalized spacial score (nSPS) is 26.2. The molecule has 1 N–H and O–H groups in total. The lowest BCUT2D eigenvalue weighted by Crippen LogP contribution is -2.50. The van der Waals surface area contributed by atoms with Gasteiger partial charge in [0.05, 0.1) is 23.9 Å². The first-order valence-electron chi connectivity index (χ1n) is 7.91. The summed E-state index contributed by atoms with van der Waals surface area (Å²) in [4.78, 5) is 6.16. The number of thiazole rings is 1. The minimum atomic E-state index is -0.0414. The van der Waals surface area contributed by atoms with Gasteiger partial charge in [0, 0.05) is 25.1 Å². The third-order valence-electron chi connectivity index (χ3n) is 4.28. The summed E-state index contributed by atoms with van der Waals surface area (Å²) in [5, 5.41) is 4.94. The van der Waals surface area contributed by atoms with Gasteiger partial charge in [-0.1, -0.05) is 13.3 Å². The Bertz CT molecular complexity index is 428. The molecule has 1 aliphatic heterocycles. The highest BCUT2D eigenvalue weighted by atomic mass is 32.1. The van der Waals surface area contributed by atoms with E-state index in [1.807, 2.05) is 11.3 Å². The molecule has 1 saturated heterocycles. The number of nitrogens with one attached hydrogen (secondary N) is 1. The molecule has 0 aliphatic carbocycles. The van der Waals surface area contributed by atoms with Crippen molar-refractivity contribution in [2.24, 2.45) is 0 Å². The molecule has 0 saturated carbocycles. The summed E-state index contributed by atoms with van der Waals surface area (Å²) in [5.41, 5.74) is 1.11. The van der Waals surface area contributed by atoms with Crippen molar-refractivity contribution >= 4 is 11.3 Å². The Hall–Kier alpha value is -0.490. The van der Waals surface area contributed by atoms with E-state index in [2.05, 4.69) is 26.1 Å². The second-order valence-corrected chi connectivity index (χ2v) is 7.10. The fraction of sp³-hybridized carbons (Fsp3) is 0.812. The van der Waals surface area contributed by atoms with Gasteiger partial charge < -0.3 is 14.8 Å². The van der Waals surface area contributed by atoms with Gasteiger partial charge in [0.2, 0.25) is 0 Å². The molecule has 0 spiro atoms. The minimum absolute atomic E-state index is 0.0414. The molecule has 1 aromatic rings. The molecule has 4 nitrogen and oxygen atoms in total. The van der Waals surface area contributed by atoms with Crippen molar-refractivity contribution in [1.29, 1.82) is 0 Å². The van der Waals surface area contributed by atoms with Crippen LogP contribution in [0.1, 0.15) is 48.2 Å². The fourth-order valence-electron chi connectivity index (χ4n) is 2.96. The van der Waals surface area contributed by atoms with Gasteiger partial charge in [0.1, 0.15) is 5.01 Å². The average molecular weight is 312 g/mol. The van der Waals surface area contributed by atoms with Crippen LogP contribution in [0.4, 0.5) is 0 Å². The first-order valence-corrected chi connectivity index (χ1v) is 8.73. The second-order valence-electron chi connectivity index (χ2n) is 5.90. The van der Waals surface area contributed by atoms with Crippen molar-refractivity contribution in [3.05, 3.63) is 15.6 Å². The van der Waals surface area contributed by atoms with Crippen LogP contribution in [-0.2, 0) is 15.0 Å². The van der Waals surface area contributed by atoms with Gasteiger partial charge in [-0.3, -0.25) is 0 Å². The number of aromatic nitrogens is 1. The van der Waals surface area contributed by atoms with E-state index in [1.165, 1.54) is 9.88 Å². The first kappa shape index (κ1) is 16.9. The van der Waals surface area contributed by atoms with Crippen LogP contribution in [0.5, 0.6) is 0 Å². The summed E-state index contributed by atoms with van der Waals surface area (Å²) in [7, 11) is 1.75. The quantitative estimate of drug-likeness (QED) is 0.785. The van der Waals surface area contributed by atoms with Crippen LogP contribution in [-0.4, -0.2) is 38.0 Å². The number of hydrogen-bond donors (Lipinski definition) is 1. The summed E-state index contributed by atoms with van der Waals surface area (Å²) in [6, 6.07) is 0. The summed E-state index contributed by atoms with van der Waals surface area (Å²) in [5.74, 6) is 0. The Morgan fingerprint density at radius 3 is 2.90 bits per heavy atom. The van der Waals surface area contributed by atoms with Crippen molar-refractivity contribution in [3.8, 4) is 0 Å². The number of hydrogen-bond acceptors (Lipinski definition) is 5. The van der Waals surface area contributed by atoms with E-state index in [1.54, 1.807) is 7.11 Å². The van der Waals surface area contributed by atoms with Crippen LogP contribution >= 0.6 is 11.3 Å². The Balaban J connectivity index is 2.20. The summed E-state index contributed by atoms with van der Waals surface area (Å²) < 4.78 is 11.2. The molecule has 1 aromatic heterocycles. The van der Waals surface area contributed by atoms with Gasteiger partial charge in [-0.05, 0) is 33.1 Å². The highest BCUT2D eigenvalue weighted by Gasteiger charge is 2.40. The van der Waals surface area contributed by atoms with E-state index in [0.717, 1.165) is 51.1 Å². The van der Waals surface area contributed by atoms with Crippen molar-refractivity contribution in [3.63, 3.8) is 0 Å². The third-order valence-corrected chi connectivity index (χ3v) is 5.55. The zero-order valence-corrected chi connectivity index (χ0v) is 14.5. The van der Waals surface area contributed by atoms with E-state index < -0.39 is 0 Å². The Kier molecular flexibility index (Phi) is 6.17. The molecule has 1 fully saturated rings. The number of aryl methyl sites for hydroxylation is 2.